The van der Waals surface area contributed by atoms with Crippen LogP contribution in [0.3, 0.4) is 0 Å². The maximum Gasteiger partial charge on any atom is 0.326 e. The summed E-state index contributed by atoms with van der Waals surface area (Å²) in [4.78, 5) is 71.2. The number of aliphatic carboxylic acids is 1. The van der Waals surface area contributed by atoms with Crippen LogP contribution in [0.2, 0.25) is 0 Å². The van der Waals surface area contributed by atoms with Crippen LogP contribution in [0.1, 0.15) is 69.8 Å². The summed E-state index contributed by atoms with van der Waals surface area (Å²) in [5.74, 6) is -3.57. The summed E-state index contributed by atoms with van der Waals surface area (Å²) >= 11 is 0. The van der Waals surface area contributed by atoms with Crippen molar-refractivity contribution in [2.45, 2.75) is 101 Å². The molecule has 17 nitrogen and oxygen atoms in total. The molecule has 0 saturated carbocycles. The number of aromatic hydroxyl groups is 1. The number of carbonyl (C=O) groups excluding carboxylic acids is 4. The Kier molecular flexibility index (Phi) is 17.8. The van der Waals surface area contributed by atoms with Crippen molar-refractivity contribution < 1.29 is 34.2 Å². The molecule has 0 spiro atoms. The lowest BCUT2D eigenvalue weighted by molar-refractivity contribution is -0.145. The normalized spacial score (nSPS) is 16.6. The largest absolute Gasteiger partial charge is 0.508 e. The molecule has 5 atom stereocenters. The number of nitrogens with zero attached hydrogens (tertiary/aromatic N) is 2. The Labute approximate surface area is 286 Å². The first-order valence-electron chi connectivity index (χ1n) is 16.8. The van der Waals surface area contributed by atoms with E-state index in [9.17, 15) is 34.2 Å². The molecule has 0 bridgehead atoms. The minimum atomic E-state index is -1.19. The van der Waals surface area contributed by atoms with Crippen LogP contribution in [0.15, 0.2) is 29.3 Å². The number of nitrogens with two attached hydrogens (primary N) is 5. The molecule has 1 aliphatic heterocycles. The van der Waals surface area contributed by atoms with Gasteiger partial charge in [-0.3, -0.25) is 24.2 Å². The molecule has 1 saturated heterocycles. The number of benzene rings is 1. The highest BCUT2D eigenvalue weighted by Gasteiger charge is 2.39. The van der Waals surface area contributed by atoms with Gasteiger partial charge in [-0.25, -0.2) is 4.79 Å². The highest BCUT2D eigenvalue weighted by molar-refractivity contribution is 5.96. The van der Waals surface area contributed by atoms with Crippen molar-refractivity contribution in [1.29, 1.82) is 0 Å². The van der Waals surface area contributed by atoms with Gasteiger partial charge in [0.15, 0.2) is 5.96 Å². The van der Waals surface area contributed by atoms with Crippen LogP contribution >= 0.6 is 0 Å². The van der Waals surface area contributed by atoms with E-state index in [1.54, 1.807) is 12.1 Å². The van der Waals surface area contributed by atoms with Crippen molar-refractivity contribution >= 4 is 35.6 Å². The van der Waals surface area contributed by atoms with Crippen molar-refractivity contribution in [2.24, 2.45) is 33.7 Å². The molecule has 0 radical (unpaired) electrons. The van der Waals surface area contributed by atoms with Gasteiger partial charge in [-0.2, -0.15) is 0 Å². The molecule has 1 heterocycles. The van der Waals surface area contributed by atoms with Crippen LogP contribution in [0.25, 0.3) is 0 Å². The third kappa shape index (κ3) is 14.3. The van der Waals surface area contributed by atoms with Crippen LogP contribution in [-0.4, -0.2) is 107 Å². The lowest BCUT2D eigenvalue weighted by atomic mass is 10.0. The fourth-order valence-electron chi connectivity index (χ4n) is 5.55. The summed E-state index contributed by atoms with van der Waals surface area (Å²) in [6.07, 6.45) is 4.14. The van der Waals surface area contributed by atoms with Gasteiger partial charge in [-0.05, 0) is 95.0 Å². The lowest BCUT2D eigenvalue weighted by Gasteiger charge is -2.30. The zero-order valence-corrected chi connectivity index (χ0v) is 28.0. The second-order valence-electron chi connectivity index (χ2n) is 12.2. The van der Waals surface area contributed by atoms with Gasteiger partial charge in [0.2, 0.25) is 23.6 Å². The summed E-state index contributed by atoms with van der Waals surface area (Å²) in [6, 6.07) is 0.889. The molecule has 0 aromatic heterocycles. The summed E-state index contributed by atoms with van der Waals surface area (Å²) in [6.45, 7) is 1.27. The molecule has 1 aromatic carbocycles. The van der Waals surface area contributed by atoms with E-state index in [1.165, 1.54) is 17.0 Å². The second-order valence-corrected chi connectivity index (χ2v) is 12.2. The van der Waals surface area contributed by atoms with E-state index < -0.39 is 59.8 Å². The second kappa shape index (κ2) is 21.5. The average Bonchev–Trinajstić information content (AvgIpc) is 3.56. The summed E-state index contributed by atoms with van der Waals surface area (Å²) in [7, 11) is 0. The molecule has 2 rings (SSSR count). The zero-order chi connectivity index (χ0) is 36.3. The Balaban J connectivity index is 2.27. The lowest BCUT2D eigenvalue weighted by Crippen LogP contribution is -2.58. The molecular formula is C32H54N10O7. The standard InChI is InChI=1S/C32H54N10O7/c33-15-3-1-8-23(39-27(44)22(35)7-5-17-38-32(36)37)28(45)41-25(19-20-11-13-21(43)14-12-20)30(47)42-18-6-10-26(42)29(46)40-24(31(48)49)9-2-4-16-34/h11-14,22-26,43H,1-10,15-19,33-35H2,(H,39,44)(H,40,46)(H,41,45)(H,48,49)(H4,36,37,38)/t22-,23-,24-,25-,26-/m0/s1. The Morgan fingerprint density at radius 2 is 1.45 bits per heavy atom. The van der Waals surface area contributed by atoms with E-state index in [2.05, 4.69) is 20.9 Å². The molecule has 17 heteroatoms. The number of nitrogens with one attached hydrogen (secondary N) is 3. The molecule has 1 aromatic rings. The van der Waals surface area contributed by atoms with E-state index in [1.807, 2.05) is 0 Å². The molecule has 15 N–H and O–H groups in total. The molecule has 0 unspecified atom stereocenters. The predicted octanol–water partition coefficient (Wildman–Crippen LogP) is -1.90. The number of carbonyl (C=O) groups is 5. The minimum absolute atomic E-state index is 0.0142. The monoisotopic (exact) mass is 690 g/mol. The fourth-order valence-corrected chi connectivity index (χ4v) is 5.55. The highest BCUT2D eigenvalue weighted by atomic mass is 16.4. The molecule has 1 aliphatic rings. The number of rotatable bonds is 22. The first-order valence-corrected chi connectivity index (χ1v) is 16.8. The summed E-state index contributed by atoms with van der Waals surface area (Å²) in [5.41, 5.74) is 28.5. The van der Waals surface area contributed by atoms with Crippen molar-refractivity contribution in [2.75, 3.05) is 26.2 Å². The SMILES string of the molecule is NCCCC[C@H](NC(=O)[C@@H]1CCCN1C(=O)[C@H](Cc1ccc(O)cc1)NC(=O)[C@H](CCCCN)NC(=O)[C@@H](N)CCCN=C(N)N)C(=O)O. The third-order valence-corrected chi connectivity index (χ3v) is 8.28. The number of amides is 4. The number of aliphatic imine (C=N–C) groups is 1. The van der Waals surface area contributed by atoms with Crippen LogP contribution in [0.4, 0.5) is 0 Å². The Bertz CT molecular complexity index is 1260. The molecule has 1 fully saturated rings. The quantitative estimate of drug-likeness (QED) is 0.0363. The van der Waals surface area contributed by atoms with Gasteiger partial charge < -0.3 is 59.7 Å². The van der Waals surface area contributed by atoms with Crippen LogP contribution < -0.4 is 44.6 Å². The topological polar surface area (TPSA) is 308 Å². The van der Waals surface area contributed by atoms with Gasteiger partial charge in [0.1, 0.15) is 29.9 Å². The molecule has 0 aliphatic carbocycles. The van der Waals surface area contributed by atoms with Crippen LogP contribution in [-0.2, 0) is 30.4 Å². The number of likely N-dealkylation sites (tertiary alicyclic amines) is 1. The first kappa shape index (κ1) is 40.7. The highest BCUT2D eigenvalue weighted by Crippen LogP contribution is 2.21. The third-order valence-electron chi connectivity index (χ3n) is 8.28. The smallest absolute Gasteiger partial charge is 0.326 e. The first-order chi connectivity index (χ1) is 23.4. The molecule has 274 valence electrons. The molecular weight excluding hydrogens is 636 g/mol. The van der Waals surface area contributed by atoms with E-state index in [0.29, 0.717) is 63.6 Å². The summed E-state index contributed by atoms with van der Waals surface area (Å²) in [5, 5.41) is 27.5. The number of carboxylic acids is 1. The average molecular weight is 691 g/mol. The number of phenols is 1. The minimum Gasteiger partial charge on any atom is -0.508 e. The van der Waals surface area contributed by atoms with Crippen molar-refractivity contribution in [1.82, 2.24) is 20.9 Å². The Morgan fingerprint density at radius 1 is 0.837 bits per heavy atom. The van der Waals surface area contributed by atoms with Crippen LogP contribution in [0.5, 0.6) is 5.75 Å². The van der Waals surface area contributed by atoms with E-state index >= 15 is 0 Å². The van der Waals surface area contributed by atoms with Gasteiger partial charge in [-0.1, -0.05) is 12.1 Å². The maximum atomic E-state index is 14.1. The number of hydrogen-bond donors (Lipinski definition) is 10. The predicted molar refractivity (Wildman–Crippen MR) is 184 cm³/mol. The van der Waals surface area contributed by atoms with Crippen LogP contribution in [0, 0.1) is 0 Å². The number of phenolic OH excluding ortho intramolecular Hbond substituents is 1. The van der Waals surface area contributed by atoms with Crippen molar-refractivity contribution in [3.05, 3.63) is 29.8 Å². The van der Waals surface area contributed by atoms with Crippen molar-refractivity contribution in [3.63, 3.8) is 0 Å². The number of hydrogen-bond acceptors (Lipinski definition) is 10. The Hall–Kier alpha value is -4.48. The van der Waals surface area contributed by atoms with Gasteiger partial charge in [0.05, 0.1) is 6.04 Å². The van der Waals surface area contributed by atoms with Gasteiger partial charge in [0.25, 0.3) is 0 Å². The van der Waals surface area contributed by atoms with E-state index in [-0.39, 0.29) is 50.5 Å². The number of carboxylic acid groups (broad SMARTS) is 1. The van der Waals surface area contributed by atoms with Crippen molar-refractivity contribution in [3.8, 4) is 5.75 Å². The van der Waals surface area contributed by atoms with E-state index in [4.69, 9.17) is 28.7 Å². The maximum absolute atomic E-state index is 14.1. The van der Waals surface area contributed by atoms with Gasteiger partial charge in [-0.15, -0.1) is 0 Å². The molecule has 4 amide bonds. The summed E-state index contributed by atoms with van der Waals surface area (Å²) < 4.78 is 0. The van der Waals surface area contributed by atoms with E-state index in [0.717, 1.165) is 0 Å². The van der Waals surface area contributed by atoms with Gasteiger partial charge in [0, 0.05) is 19.5 Å². The molecule has 49 heavy (non-hydrogen) atoms. The Morgan fingerprint density at radius 3 is 2.04 bits per heavy atom. The zero-order valence-electron chi connectivity index (χ0n) is 28.0. The van der Waals surface area contributed by atoms with Gasteiger partial charge >= 0.3 is 5.97 Å². The number of guanidine groups is 1. The fraction of sp³-hybridized carbons (Fsp3) is 0.625. The number of unbranched alkanes of at least 4 members (excludes halogenated alkanes) is 2.